The molecule has 0 fully saturated rings. The summed E-state index contributed by atoms with van der Waals surface area (Å²) in [7, 11) is 0. The molecule has 0 unspecified atom stereocenters. The quantitative estimate of drug-likeness (QED) is 0.383. The molecule has 0 saturated carbocycles. The Labute approximate surface area is 161 Å². The molecule has 4 rings (SSSR count). The van der Waals surface area contributed by atoms with Gasteiger partial charge in [0, 0.05) is 27.1 Å². The van der Waals surface area contributed by atoms with Crippen molar-refractivity contribution in [3.8, 4) is 11.5 Å². The van der Waals surface area contributed by atoms with E-state index < -0.39 is 0 Å². The maximum atomic E-state index is 12.1. The number of carbonyl (C=O) groups excluding carboxylic acids is 1. The molecule has 0 aliphatic carbocycles. The van der Waals surface area contributed by atoms with Gasteiger partial charge in [-0.05, 0) is 36.4 Å². The molecule has 1 aliphatic rings. The van der Waals surface area contributed by atoms with Gasteiger partial charge in [0.1, 0.15) is 5.15 Å². The molecule has 2 heterocycles. The Morgan fingerprint density at radius 1 is 1.19 bits per heavy atom. The van der Waals surface area contributed by atoms with Gasteiger partial charge in [-0.15, -0.1) is 0 Å². The number of nitrogens with one attached hydrogen (secondary N) is 1. The number of carbonyl (C=O) groups is 1. The Balaban J connectivity index is 1.55. The standard InChI is InChI=1S/C18H11BrClN3O3/c19-13-3-1-10(2-4-13)18(24)23-21-8-12-5-11-6-15-16(26-9-25-15)7-14(11)22-17(12)20/h1-8H,9H2,(H,23,24)/b21-8-. The highest BCUT2D eigenvalue weighted by Crippen LogP contribution is 2.36. The van der Waals surface area contributed by atoms with E-state index in [-0.39, 0.29) is 17.9 Å². The Hall–Kier alpha value is -2.64. The first-order valence-electron chi connectivity index (χ1n) is 7.59. The molecule has 0 bridgehead atoms. The number of aromatic nitrogens is 1. The summed E-state index contributed by atoms with van der Waals surface area (Å²) in [4.78, 5) is 16.4. The van der Waals surface area contributed by atoms with Gasteiger partial charge in [-0.1, -0.05) is 27.5 Å². The van der Waals surface area contributed by atoms with Crippen molar-refractivity contribution in [2.24, 2.45) is 5.10 Å². The van der Waals surface area contributed by atoms with Crippen molar-refractivity contribution >= 4 is 50.6 Å². The van der Waals surface area contributed by atoms with Crippen LogP contribution in [0.1, 0.15) is 15.9 Å². The Bertz CT molecular complexity index is 1040. The van der Waals surface area contributed by atoms with E-state index in [1.807, 2.05) is 12.1 Å². The van der Waals surface area contributed by atoms with E-state index in [1.165, 1.54) is 6.21 Å². The molecular formula is C18H11BrClN3O3. The van der Waals surface area contributed by atoms with Crippen molar-refractivity contribution in [2.45, 2.75) is 0 Å². The zero-order chi connectivity index (χ0) is 18.1. The van der Waals surface area contributed by atoms with Crippen molar-refractivity contribution in [3.63, 3.8) is 0 Å². The molecule has 26 heavy (non-hydrogen) atoms. The molecule has 1 aliphatic heterocycles. The van der Waals surface area contributed by atoms with Crippen LogP contribution in [0.15, 0.2) is 52.0 Å². The molecule has 0 radical (unpaired) electrons. The first-order valence-corrected chi connectivity index (χ1v) is 8.76. The zero-order valence-corrected chi connectivity index (χ0v) is 15.5. The highest BCUT2D eigenvalue weighted by molar-refractivity contribution is 9.10. The fourth-order valence-corrected chi connectivity index (χ4v) is 2.93. The number of fused-ring (bicyclic) bond motifs is 2. The fraction of sp³-hybridized carbons (Fsp3) is 0.0556. The van der Waals surface area contributed by atoms with Crippen molar-refractivity contribution < 1.29 is 14.3 Å². The number of hydrogen-bond donors (Lipinski definition) is 1. The number of benzene rings is 2. The van der Waals surface area contributed by atoms with Crippen LogP contribution in [0.4, 0.5) is 0 Å². The van der Waals surface area contributed by atoms with Crippen molar-refractivity contribution in [3.05, 3.63) is 63.2 Å². The van der Waals surface area contributed by atoms with Crippen LogP contribution in [0.5, 0.6) is 11.5 Å². The average molecular weight is 433 g/mol. The Morgan fingerprint density at radius 2 is 1.92 bits per heavy atom. The number of halogens is 2. The number of amides is 1. The van der Waals surface area contributed by atoms with Gasteiger partial charge in [0.2, 0.25) is 6.79 Å². The number of rotatable bonds is 3. The lowest BCUT2D eigenvalue weighted by atomic mass is 10.1. The summed E-state index contributed by atoms with van der Waals surface area (Å²) in [6, 6.07) is 12.4. The second-order valence-electron chi connectivity index (χ2n) is 5.47. The molecule has 2 aromatic carbocycles. The van der Waals surface area contributed by atoms with Crippen LogP contribution in [-0.4, -0.2) is 23.9 Å². The van der Waals surface area contributed by atoms with Gasteiger partial charge in [0.25, 0.3) is 5.91 Å². The molecule has 1 aromatic heterocycles. The number of pyridine rings is 1. The van der Waals surface area contributed by atoms with Gasteiger partial charge < -0.3 is 9.47 Å². The zero-order valence-electron chi connectivity index (χ0n) is 13.2. The summed E-state index contributed by atoms with van der Waals surface area (Å²) in [5.41, 5.74) is 4.24. The molecule has 0 saturated heterocycles. The maximum Gasteiger partial charge on any atom is 0.271 e. The minimum absolute atomic E-state index is 0.190. The van der Waals surface area contributed by atoms with Crippen LogP contribution in [0, 0.1) is 0 Å². The molecule has 1 N–H and O–H groups in total. The summed E-state index contributed by atoms with van der Waals surface area (Å²) in [6.07, 6.45) is 1.45. The number of nitrogens with zero attached hydrogens (tertiary/aromatic N) is 2. The molecule has 0 atom stereocenters. The predicted octanol–water partition coefficient (Wildman–Crippen LogP) is 4.14. The third kappa shape index (κ3) is 3.36. The van der Waals surface area contributed by atoms with Crippen molar-refractivity contribution in [1.29, 1.82) is 0 Å². The van der Waals surface area contributed by atoms with Crippen molar-refractivity contribution in [1.82, 2.24) is 10.4 Å². The minimum atomic E-state index is -0.318. The van der Waals surface area contributed by atoms with E-state index in [4.69, 9.17) is 21.1 Å². The number of hydrogen-bond acceptors (Lipinski definition) is 5. The summed E-state index contributed by atoms with van der Waals surface area (Å²) in [5, 5.41) is 5.07. The minimum Gasteiger partial charge on any atom is -0.454 e. The summed E-state index contributed by atoms with van der Waals surface area (Å²) in [6.45, 7) is 0.190. The number of ether oxygens (including phenoxy) is 2. The second-order valence-corrected chi connectivity index (χ2v) is 6.75. The van der Waals surface area contributed by atoms with Crippen LogP contribution in [-0.2, 0) is 0 Å². The lowest BCUT2D eigenvalue weighted by Gasteiger charge is -2.04. The fourth-order valence-electron chi connectivity index (χ4n) is 2.47. The summed E-state index contributed by atoms with van der Waals surface area (Å²) >= 11 is 9.54. The van der Waals surface area contributed by atoms with E-state index in [9.17, 15) is 4.79 Å². The summed E-state index contributed by atoms with van der Waals surface area (Å²) in [5.74, 6) is 0.985. The van der Waals surface area contributed by atoms with E-state index in [0.717, 1.165) is 9.86 Å². The molecular weight excluding hydrogens is 422 g/mol. The van der Waals surface area contributed by atoms with Gasteiger partial charge in [0.15, 0.2) is 11.5 Å². The van der Waals surface area contributed by atoms with Crippen LogP contribution >= 0.6 is 27.5 Å². The number of hydrazone groups is 1. The molecule has 8 heteroatoms. The van der Waals surface area contributed by atoms with Crippen LogP contribution < -0.4 is 14.9 Å². The Morgan fingerprint density at radius 3 is 2.69 bits per heavy atom. The van der Waals surface area contributed by atoms with Crippen LogP contribution in [0.3, 0.4) is 0 Å². The van der Waals surface area contributed by atoms with E-state index in [0.29, 0.717) is 28.1 Å². The van der Waals surface area contributed by atoms with E-state index in [2.05, 4.69) is 31.4 Å². The first-order chi connectivity index (χ1) is 12.6. The largest absolute Gasteiger partial charge is 0.454 e. The highest BCUT2D eigenvalue weighted by Gasteiger charge is 2.15. The lowest BCUT2D eigenvalue weighted by Crippen LogP contribution is -2.17. The molecule has 3 aromatic rings. The topological polar surface area (TPSA) is 72.8 Å². The highest BCUT2D eigenvalue weighted by atomic mass is 79.9. The smallest absolute Gasteiger partial charge is 0.271 e. The third-order valence-electron chi connectivity index (χ3n) is 3.77. The van der Waals surface area contributed by atoms with Gasteiger partial charge in [-0.3, -0.25) is 4.79 Å². The second kappa shape index (κ2) is 6.93. The van der Waals surface area contributed by atoms with E-state index in [1.54, 1.807) is 30.3 Å². The molecule has 1 amide bonds. The van der Waals surface area contributed by atoms with Crippen LogP contribution in [0.2, 0.25) is 5.15 Å². The Kier molecular flexibility index (Phi) is 4.48. The lowest BCUT2D eigenvalue weighted by molar-refractivity contribution is 0.0955. The molecule has 0 spiro atoms. The van der Waals surface area contributed by atoms with Crippen molar-refractivity contribution in [2.75, 3.05) is 6.79 Å². The first kappa shape index (κ1) is 16.8. The van der Waals surface area contributed by atoms with Gasteiger partial charge in [-0.2, -0.15) is 5.10 Å². The normalized spacial score (nSPS) is 12.7. The molecule has 130 valence electrons. The predicted molar refractivity (Wildman–Crippen MR) is 102 cm³/mol. The van der Waals surface area contributed by atoms with Gasteiger partial charge in [0.05, 0.1) is 11.7 Å². The third-order valence-corrected chi connectivity index (χ3v) is 4.60. The van der Waals surface area contributed by atoms with Gasteiger partial charge in [-0.25, -0.2) is 10.4 Å². The maximum absolute atomic E-state index is 12.1. The summed E-state index contributed by atoms with van der Waals surface area (Å²) < 4.78 is 11.6. The average Bonchev–Trinajstić information content (AvgIpc) is 3.08. The van der Waals surface area contributed by atoms with Crippen LogP contribution in [0.25, 0.3) is 10.9 Å². The molecule has 6 nitrogen and oxygen atoms in total. The monoisotopic (exact) mass is 431 g/mol. The van der Waals surface area contributed by atoms with Gasteiger partial charge >= 0.3 is 0 Å². The van der Waals surface area contributed by atoms with E-state index >= 15 is 0 Å². The SMILES string of the molecule is O=C(N/N=C\c1cc2cc3c(cc2nc1Cl)OCO3)c1ccc(Br)cc1.